The van der Waals surface area contributed by atoms with Crippen molar-refractivity contribution in [1.29, 1.82) is 0 Å². The third-order valence-electron chi connectivity index (χ3n) is 3.86. The molecule has 2 heterocycles. The lowest BCUT2D eigenvalue weighted by Gasteiger charge is -2.05. The van der Waals surface area contributed by atoms with E-state index in [1.807, 2.05) is 0 Å². The summed E-state index contributed by atoms with van der Waals surface area (Å²) in [7, 11) is 0. The van der Waals surface area contributed by atoms with Crippen molar-refractivity contribution in [2.45, 2.75) is 20.4 Å². The molecule has 0 fully saturated rings. The van der Waals surface area contributed by atoms with Crippen molar-refractivity contribution in [3.8, 4) is 0 Å². The Labute approximate surface area is 158 Å². The van der Waals surface area contributed by atoms with E-state index in [0.29, 0.717) is 31.2 Å². The molecule has 0 unspecified atom stereocenters. The molecule has 134 valence electrons. The molecule has 8 heteroatoms. The van der Waals surface area contributed by atoms with Crippen LogP contribution < -0.4 is 5.56 Å². The molecule has 0 aliphatic heterocycles. The molecule has 0 amide bonds. The molecular formula is C18H15ClN2O4S. The average molecular weight is 391 g/mol. The molecule has 0 spiro atoms. The van der Waals surface area contributed by atoms with Gasteiger partial charge in [0.15, 0.2) is 5.78 Å². The van der Waals surface area contributed by atoms with Gasteiger partial charge in [-0.15, -0.1) is 11.3 Å². The van der Waals surface area contributed by atoms with Crippen LogP contribution in [0.2, 0.25) is 5.02 Å². The van der Waals surface area contributed by atoms with Crippen LogP contribution in [0.1, 0.15) is 32.5 Å². The van der Waals surface area contributed by atoms with Gasteiger partial charge in [-0.25, -0.2) is 9.78 Å². The molecule has 3 rings (SSSR count). The number of carbonyl (C=O) groups is 2. The fraction of sp³-hybridized carbons (Fsp3) is 0.222. The van der Waals surface area contributed by atoms with Crippen LogP contribution in [0, 0.1) is 6.92 Å². The first-order valence-electron chi connectivity index (χ1n) is 7.86. The largest absolute Gasteiger partial charge is 0.462 e. The number of hydrogen-bond acceptors (Lipinski definition) is 6. The van der Waals surface area contributed by atoms with Crippen LogP contribution >= 0.6 is 22.9 Å². The van der Waals surface area contributed by atoms with Gasteiger partial charge in [0.2, 0.25) is 0 Å². The molecule has 0 aliphatic rings. The zero-order valence-corrected chi connectivity index (χ0v) is 15.7. The molecule has 0 N–H and O–H groups in total. The van der Waals surface area contributed by atoms with E-state index in [-0.39, 0.29) is 24.5 Å². The zero-order chi connectivity index (χ0) is 18.8. The molecule has 0 saturated heterocycles. The van der Waals surface area contributed by atoms with E-state index in [0.717, 1.165) is 11.3 Å². The van der Waals surface area contributed by atoms with Gasteiger partial charge in [0.25, 0.3) is 5.56 Å². The number of ketones is 1. The minimum absolute atomic E-state index is 0.145. The third kappa shape index (κ3) is 3.40. The van der Waals surface area contributed by atoms with Gasteiger partial charge >= 0.3 is 5.97 Å². The Bertz CT molecular complexity index is 1050. The predicted molar refractivity (Wildman–Crippen MR) is 100 cm³/mol. The summed E-state index contributed by atoms with van der Waals surface area (Å²) in [5, 5.41) is 0.867. The Hall–Kier alpha value is -2.51. The van der Waals surface area contributed by atoms with E-state index < -0.39 is 5.97 Å². The summed E-state index contributed by atoms with van der Waals surface area (Å²) in [6.45, 7) is 3.50. The summed E-state index contributed by atoms with van der Waals surface area (Å²) in [5.74, 6) is -0.709. The number of esters is 1. The van der Waals surface area contributed by atoms with Crippen LogP contribution in [0.4, 0.5) is 0 Å². The van der Waals surface area contributed by atoms with Crippen molar-refractivity contribution in [2.24, 2.45) is 0 Å². The van der Waals surface area contributed by atoms with Gasteiger partial charge in [0.1, 0.15) is 9.71 Å². The quantitative estimate of drug-likeness (QED) is 0.492. The number of Topliss-reactive ketones (excluding diaryl/α,β-unsaturated/α-hetero) is 1. The molecule has 26 heavy (non-hydrogen) atoms. The molecule has 3 aromatic rings. The first-order chi connectivity index (χ1) is 12.4. The summed E-state index contributed by atoms with van der Waals surface area (Å²) in [5.41, 5.74) is 0.617. The highest BCUT2D eigenvalue weighted by atomic mass is 35.5. The fourth-order valence-corrected chi connectivity index (χ4v) is 3.70. The molecule has 0 bridgehead atoms. The van der Waals surface area contributed by atoms with Crippen LogP contribution in [-0.4, -0.2) is 27.9 Å². The number of thiophene rings is 1. The van der Waals surface area contributed by atoms with Crippen molar-refractivity contribution in [3.05, 3.63) is 62.0 Å². The highest BCUT2D eigenvalue weighted by Crippen LogP contribution is 2.27. The van der Waals surface area contributed by atoms with E-state index >= 15 is 0 Å². The maximum absolute atomic E-state index is 12.8. The average Bonchev–Trinajstić information content (AvgIpc) is 2.95. The van der Waals surface area contributed by atoms with Gasteiger partial charge in [0.05, 0.1) is 24.9 Å². The highest BCUT2D eigenvalue weighted by Gasteiger charge is 2.21. The lowest BCUT2D eigenvalue weighted by atomic mass is 10.1. The zero-order valence-electron chi connectivity index (χ0n) is 14.1. The lowest BCUT2D eigenvalue weighted by Crippen LogP contribution is -2.24. The number of halogens is 1. The van der Waals surface area contributed by atoms with Gasteiger partial charge in [-0.3, -0.25) is 14.2 Å². The maximum Gasteiger partial charge on any atom is 0.348 e. The number of benzene rings is 1. The van der Waals surface area contributed by atoms with Crippen LogP contribution in [0.25, 0.3) is 10.2 Å². The van der Waals surface area contributed by atoms with Gasteiger partial charge in [-0.1, -0.05) is 11.6 Å². The number of hydrogen-bond donors (Lipinski definition) is 0. The molecular weight excluding hydrogens is 376 g/mol. The summed E-state index contributed by atoms with van der Waals surface area (Å²) in [6.07, 6.45) is 1.32. The standard InChI is InChI=1S/C18H15ClN2O4S/c1-3-25-18(24)15-10(2)14-16(26-15)20-9-21(17(14)23)8-13(22)11-4-6-12(19)7-5-11/h4-7,9H,3,8H2,1-2H3. The number of aromatic nitrogens is 2. The molecule has 0 atom stereocenters. The molecule has 0 aliphatic carbocycles. The second-order valence-corrected chi connectivity index (χ2v) is 7.00. The Balaban J connectivity index is 1.97. The molecule has 0 radical (unpaired) electrons. The minimum atomic E-state index is -0.476. The first kappa shape index (κ1) is 18.3. The predicted octanol–water partition coefficient (Wildman–Crippen LogP) is 3.48. The number of fused-ring (bicyclic) bond motifs is 1. The van der Waals surface area contributed by atoms with Crippen molar-refractivity contribution < 1.29 is 14.3 Å². The van der Waals surface area contributed by atoms with Crippen molar-refractivity contribution in [2.75, 3.05) is 6.61 Å². The third-order valence-corrected chi connectivity index (χ3v) is 5.29. The van der Waals surface area contributed by atoms with Gasteiger partial charge in [-0.05, 0) is 43.7 Å². The first-order valence-corrected chi connectivity index (χ1v) is 9.06. The van der Waals surface area contributed by atoms with E-state index in [9.17, 15) is 14.4 Å². The van der Waals surface area contributed by atoms with Crippen molar-refractivity contribution >= 4 is 44.9 Å². The molecule has 1 aromatic carbocycles. The number of aryl methyl sites for hydroxylation is 1. The Morgan fingerprint density at radius 3 is 2.62 bits per heavy atom. The number of nitrogens with zero attached hydrogens (tertiary/aromatic N) is 2. The number of rotatable bonds is 5. The molecule has 6 nitrogen and oxygen atoms in total. The highest BCUT2D eigenvalue weighted by molar-refractivity contribution is 7.20. The normalized spacial score (nSPS) is 10.9. The smallest absolute Gasteiger partial charge is 0.348 e. The van der Waals surface area contributed by atoms with Crippen LogP contribution in [-0.2, 0) is 11.3 Å². The van der Waals surface area contributed by atoms with E-state index in [1.165, 1.54) is 10.9 Å². The Kier molecular flexibility index (Phi) is 5.20. The summed E-state index contributed by atoms with van der Waals surface area (Å²) >= 11 is 6.93. The molecule has 2 aromatic heterocycles. The monoisotopic (exact) mass is 390 g/mol. The van der Waals surface area contributed by atoms with Gasteiger partial charge in [-0.2, -0.15) is 0 Å². The number of ether oxygens (including phenoxy) is 1. The Morgan fingerprint density at radius 1 is 1.27 bits per heavy atom. The minimum Gasteiger partial charge on any atom is -0.462 e. The van der Waals surface area contributed by atoms with Gasteiger partial charge in [0, 0.05) is 10.6 Å². The lowest BCUT2D eigenvalue weighted by molar-refractivity contribution is 0.0531. The van der Waals surface area contributed by atoms with Crippen molar-refractivity contribution in [3.63, 3.8) is 0 Å². The van der Waals surface area contributed by atoms with E-state index in [1.54, 1.807) is 38.1 Å². The molecule has 0 saturated carbocycles. The van der Waals surface area contributed by atoms with Crippen LogP contribution in [0.5, 0.6) is 0 Å². The SMILES string of the molecule is CCOC(=O)c1sc2ncn(CC(=O)c3ccc(Cl)cc3)c(=O)c2c1C. The topological polar surface area (TPSA) is 78.3 Å². The summed E-state index contributed by atoms with van der Waals surface area (Å²) in [4.78, 5) is 42.2. The number of carbonyl (C=O) groups excluding carboxylic acids is 2. The Morgan fingerprint density at radius 2 is 1.96 bits per heavy atom. The summed E-state index contributed by atoms with van der Waals surface area (Å²) < 4.78 is 6.25. The van der Waals surface area contributed by atoms with E-state index in [2.05, 4.69) is 4.98 Å². The second-order valence-electron chi connectivity index (χ2n) is 5.56. The fourth-order valence-electron chi connectivity index (χ4n) is 2.54. The van der Waals surface area contributed by atoms with Gasteiger partial charge < -0.3 is 4.74 Å². The van der Waals surface area contributed by atoms with E-state index in [4.69, 9.17) is 16.3 Å². The van der Waals surface area contributed by atoms with Crippen LogP contribution in [0.15, 0.2) is 35.4 Å². The maximum atomic E-state index is 12.8. The summed E-state index contributed by atoms with van der Waals surface area (Å²) in [6, 6.07) is 6.45. The van der Waals surface area contributed by atoms with Crippen LogP contribution in [0.3, 0.4) is 0 Å². The second kappa shape index (κ2) is 7.39. The van der Waals surface area contributed by atoms with Crippen molar-refractivity contribution in [1.82, 2.24) is 9.55 Å².